The quantitative estimate of drug-likeness (QED) is 0.393. The van der Waals surface area contributed by atoms with Crippen molar-refractivity contribution in [1.82, 2.24) is 9.80 Å². The van der Waals surface area contributed by atoms with Crippen molar-refractivity contribution in [2.24, 2.45) is 11.5 Å². The smallest absolute Gasteiger partial charge is 0.118 e. The fraction of sp³-hybridized carbons (Fsp3) is 0.571. The predicted octanol–water partition coefficient (Wildman–Crippen LogP) is 2.30. The number of nitrogens with two attached hydrogens (primary N) is 2. The second kappa shape index (κ2) is 14.5. The van der Waals surface area contributed by atoms with Gasteiger partial charge in [-0.1, -0.05) is 24.3 Å². The number of hydrogen-bond acceptors (Lipinski definition) is 8. The number of aliphatic hydroxyl groups is 2. The van der Waals surface area contributed by atoms with Crippen molar-refractivity contribution < 1.29 is 19.7 Å². The van der Waals surface area contributed by atoms with E-state index >= 15 is 0 Å². The number of nitrogens with zero attached hydrogens (tertiary/aromatic N) is 2. The highest BCUT2D eigenvalue weighted by atomic mass is 16.5. The number of aliphatic hydroxyl groups excluding tert-OH is 2. The molecule has 0 amide bonds. The fourth-order valence-corrected chi connectivity index (χ4v) is 4.82. The van der Waals surface area contributed by atoms with Crippen LogP contribution in [0.1, 0.15) is 49.0 Å². The van der Waals surface area contributed by atoms with Gasteiger partial charge in [0.15, 0.2) is 0 Å². The molecule has 2 aromatic carbocycles. The minimum Gasteiger partial charge on any atom is -0.497 e. The molecule has 0 radical (unpaired) electrons. The number of hydrogen-bond donors (Lipinski definition) is 4. The molecule has 2 saturated heterocycles. The molecule has 0 aliphatic carbocycles. The lowest BCUT2D eigenvalue weighted by molar-refractivity contribution is 0.125. The topological polar surface area (TPSA) is 117 Å². The molecule has 0 saturated carbocycles. The molecule has 8 nitrogen and oxygen atoms in total. The lowest BCUT2D eigenvalue weighted by Crippen LogP contribution is -2.40. The third-order valence-electron chi connectivity index (χ3n) is 7.06. The Hall–Kier alpha value is -2.20. The highest BCUT2D eigenvalue weighted by molar-refractivity contribution is 5.30. The molecule has 2 heterocycles. The number of rotatable bonds is 10. The Morgan fingerprint density at radius 2 is 0.944 bits per heavy atom. The molecule has 2 aliphatic heterocycles. The first-order valence-corrected chi connectivity index (χ1v) is 13.0. The van der Waals surface area contributed by atoms with Crippen LogP contribution in [0, 0.1) is 0 Å². The van der Waals surface area contributed by atoms with Crippen molar-refractivity contribution in [3.05, 3.63) is 59.7 Å². The van der Waals surface area contributed by atoms with E-state index in [4.69, 9.17) is 20.9 Å². The van der Waals surface area contributed by atoms with Gasteiger partial charge in [-0.2, -0.15) is 0 Å². The molecule has 2 aliphatic rings. The van der Waals surface area contributed by atoms with Gasteiger partial charge >= 0.3 is 0 Å². The van der Waals surface area contributed by atoms with Crippen LogP contribution in [0.2, 0.25) is 0 Å². The van der Waals surface area contributed by atoms with Gasteiger partial charge in [-0.3, -0.25) is 0 Å². The second-order valence-corrected chi connectivity index (χ2v) is 9.78. The van der Waals surface area contributed by atoms with Crippen LogP contribution in [0.3, 0.4) is 0 Å². The van der Waals surface area contributed by atoms with Gasteiger partial charge in [0, 0.05) is 25.2 Å². The Kier molecular flexibility index (Phi) is 11.4. The highest BCUT2D eigenvalue weighted by Crippen LogP contribution is 2.22. The largest absolute Gasteiger partial charge is 0.497 e. The van der Waals surface area contributed by atoms with Crippen LogP contribution < -0.4 is 20.9 Å². The number of ether oxygens (including phenoxy) is 2. The van der Waals surface area contributed by atoms with Crippen LogP contribution in [-0.4, -0.2) is 85.6 Å². The Morgan fingerprint density at radius 3 is 1.22 bits per heavy atom. The zero-order valence-corrected chi connectivity index (χ0v) is 21.8. The lowest BCUT2D eigenvalue weighted by Gasteiger charge is -2.24. The van der Waals surface area contributed by atoms with E-state index in [-0.39, 0.29) is 12.1 Å². The summed E-state index contributed by atoms with van der Waals surface area (Å²) in [5.74, 6) is 1.58. The molecule has 2 fully saturated rings. The molecular formula is C28H44N4O4. The maximum Gasteiger partial charge on any atom is 0.118 e. The molecule has 6 N–H and O–H groups in total. The van der Waals surface area contributed by atoms with Gasteiger partial charge in [0.25, 0.3) is 0 Å². The Labute approximate surface area is 215 Å². The lowest BCUT2D eigenvalue weighted by atomic mass is 10.0. The first-order chi connectivity index (χ1) is 17.4. The maximum atomic E-state index is 10.2. The predicted molar refractivity (Wildman–Crippen MR) is 143 cm³/mol. The van der Waals surface area contributed by atoms with Crippen LogP contribution in [0.5, 0.6) is 11.5 Å². The Morgan fingerprint density at radius 1 is 0.639 bits per heavy atom. The monoisotopic (exact) mass is 500 g/mol. The summed E-state index contributed by atoms with van der Waals surface area (Å²) in [7, 11) is 3.26. The van der Waals surface area contributed by atoms with Crippen molar-refractivity contribution in [1.29, 1.82) is 0 Å². The maximum absolute atomic E-state index is 10.2. The summed E-state index contributed by atoms with van der Waals surface area (Å²) in [4.78, 5) is 4.63. The van der Waals surface area contributed by atoms with Crippen LogP contribution in [0.15, 0.2) is 48.5 Å². The molecule has 0 aromatic heterocycles. The summed E-state index contributed by atoms with van der Waals surface area (Å²) in [5.41, 5.74) is 13.9. The van der Waals surface area contributed by atoms with E-state index in [1.54, 1.807) is 14.2 Å². The van der Waals surface area contributed by atoms with Crippen LogP contribution in [0.25, 0.3) is 0 Å². The fourth-order valence-electron chi connectivity index (χ4n) is 4.82. The van der Waals surface area contributed by atoms with Crippen molar-refractivity contribution >= 4 is 0 Å². The third kappa shape index (κ3) is 8.44. The van der Waals surface area contributed by atoms with Crippen LogP contribution in [-0.2, 0) is 0 Å². The Bertz CT molecular complexity index is 795. The van der Waals surface area contributed by atoms with E-state index in [1.807, 2.05) is 48.5 Å². The summed E-state index contributed by atoms with van der Waals surface area (Å²) >= 11 is 0. The van der Waals surface area contributed by atoms with Gasteiger partial charge in [0.2, 0.25) is 0 Å². The van der Waals surface area contributed by atoms with Crippen molar-refractivity contribution in [3.63, 3.8) is 0 Å². The minimum atomic E-state index is -0.614. The van der Waals surface area contributed by atoms with E-state index in [2.05, 4.69) is 9.80 Å². The van der Waals surface area contributed by atoms with E-state index < -0.39 is 12.2 Å². The first kappa shape index (κ1) is 28.4. The van der Waals surface area contributed by atoms with Gasteiger partial charge in [-0.05, 0) is 87.3 Å². The minimum absolute atomic E-state index is 0.239. The van der Waals surface area contributed by atoms with Crippen molar-refractivity contribution in [3.8, 4) is 11.5 Å². The van der Waals surface area contributed by atoms with Gasteiger partial charge in [0.05, 0.1) is 26.4 Å². The van der Waals surface area contributed by atoms with Crippen LogP contribution >= 0.6 is 0 Å². The van der Waals surface area contributed by atoms with E-state index in [0.717, 1.165) is 61.9 Å². The van der Waals surface area contributed by atoms with Gasteiger partial charge < -0.3 is 41.0 Å². The summed E-state index contributed by atoms with van der Waals surface area (Å²) in [5, 5.41) is 20.4. The Balaban J connectivity index is 0.000000201. The average molecular weight is 501 g/mol. The molecule has 36 heavy (non-hydrogen) atoms. The van der Waals surface area contributed by atoms with E-state index in [0.29, 0.717) is 0 Å². The standard InChI is InChI=1S/2C14H22N2O2/c2*1-18-12-6-4-11(5-7-12)14(17)13(15)10-16-8-2-3-9-16/h2*4-7,13-14,17H,2-3,8-10,15H2,1H3/t13-,14-;/m0./s1. The second-order valence-electron chi connectivity index (χ2n) is 9.78. The average Bonchev–Trinajstić information content (AvgIpc) is 3.63. The van der Waals surface area contributed by atoms with E-state index in [1.165, 1.54) is 25.7 Å². The molecule has 4 atom stereocenters. The van der Waals surface area contributed by atoms with E-state index in [9.17, 15) is 10.2 Å². The molecule has 0 spiro atoms. The van der Waals surface area contributed by atoms with Crippen molar-refractivity contribution in [2.75, 3.05) is 53.5 Å². The zero-order chi connectivity index (χ0) is 25.9. The highest BCUT2D eigenvalue weighted by Gasteiger charge is 2.22. The number of likely N-dealkylation sites (tertiary alicyclic amines) is 2. The molecule has 2 aromatic rings. The third-order valence-corrected chi connectivity index (χ3v) is 7.06. The SMILES string of the molecule is COc1ccc(C(O)C(N)CN2CCCC2)cc1.COc1ccc([C@H](O)[C@@H](N)CN2CCCC2)cc1. The summed E-state index contributed by atoms with van der Waals surface area (Å²) in [6.45, 7) is 5.92. The van der Waals surface area contributed by atoms with Gasteiger partial charge in [-0.25, -0.2) is 0 Å². The molecule has 8 heteroatoms. The summed E-state index contributed by atoms with van der Waals surface area (Å²) in [6, 6.07) is 14.4. The zero-order valence-electron chi connectivity index (χ0n) is 21.8. The van der Waals surface area contributed by atoms with Crippen LogP contribution in [0.4, 0.5) is 0 Å². The molecule has 200 valence electrons. The first-order valence-electron chi connectivity index (χ1n) is 13.0. The molecule has 2 unspecified atom stereocenters. The summed E-state index contributed by atoms with van der Waals surface area (Å²) < 4.78 is 10.2. The molecule has 0 bridgehead atoms. The summed E-state index contributed by atoms with van der Waals surface area (Å²) in [6.07, 6.45) is 3.74. The number of methoxy groups -OCH3 is 2. The van der Waals surface area contributed by atoms with Gasteiger partial charge in [0.1, 0.15) is 11.5 Å². The normalized spacial score (nSPS) is 19.7. The molecule has 4 rings (SSSR count). The number of benzene rings is 2. The van der Waals surface area contributed by atoms with Crippen molar-refractivity contribution in [2.45, 2.75) is 50.0 Å². The van der Waals surface area contributed by atoms with Gasteiger partial charge in [-0.15, -0.1) is 0 Å². The molecular weight excluding hydrogens is 456 g/mol.